The Kier molecular flexibility index (Phi) is 6.18. The molecule has 0 bridgehead atoms. The van der Waals surface area contributed by atoms with Crippen molar-refractivity contribution in [3.8, 4) is 0 Å². The van der Waals surface area contributed by atoms with E-state index in [0.29, 0.717) is 43.4 Å². The zero-order valence-corrected chi connectivity index (χ0v) is 16.8. The van der Waals surface area contributed by atoms with Gasteiger partial charge in [0.2, 0.25) is 0 Å². The van der Waals surface area contributed by atoms with Gasteiger partial charge in [0.1, 0.15) is 5.69 Å². The number of aromatic amines is 1. The van der Waals surface area contributed by atoms with Crippen LogP contribution in [0.15, 0.2) is 30.3 Å². The first-order valence-electron chi connectivity index (χ1n) is 8.81. The molecule has 0 aliphatic carbocycles. The number of carbonyl (C=O) groups is 1. The molecule has 1 aliphatic heterocycles. The molecule has 1 aromatic heterocycles. The van der Waals surface area contributed by atoms with Crippen LogP contribution in [0.4, 0.5) is 0 Å². The van der Waals surface area contributed by atoms with Crippen LogP contribution in [0.5, 0.6) is 0 Å². The van der Waals surface area contributed by atoms with Gasteiger partial charge < -0.3 is 4.90 Å². The Morgan fingerprint density at radius 3 is 2.63 bits per heavy atom. The molecule has 0 spiro atoms. The number of amides is 1. The van der Waals surface area contributed by atoms with Gasteiger partial charge in [0.15, 0.2) is 9.84 Å². The van der Waals surface area contributed by atoms with Crippen LogP contribution in [-0.4, -0.2) is 72.0 Å². The molecule has 7 nitrogen and oxygen atoms in total. The van der Waals surface area contributed by atoms with E-state index in [1.54, 1.807) is 17.0 Å². The molecular weight excluding hydrogens is 388 g/mol. The van der Waals surface area contributed by atoms with Gasteiger partial charge >= 0.3 is 0 Å². The lowest BCUT2D eigenvalue weighted by molar-refractivity contribution is 0.0717. The van der Waals surface area contributed by atoms with Crippen molar-refractivity contribution in [2.45, 2.75) is 13.5 Å². The second-order valence-corrected chi connectivity index (χ2v) is 9.45. The maximum Gasteiger partial charge on any atom is 0.272 e. The van der Waals surface area contributed by atoms with Crippen LogP contribution in [0.25, 0.3) is 0 Å². The van der Waals surface area contributed by atoms with Crippen molar-refractivity contribution < 1.29 is 13.2 Å². The van der Waals surface area contributed by atoms with Gasteiger partial charge in [-0.15, -0.1) is 0 Å². The normalized spacial score (nSPS) is 17.0. The molecule has 0 radical (unpaired) electrons. The third-order valence-electron chi connectivity index (χ3n) is 4.67. The predicted octanol–water partition coefficient (Wildman–Crippen LogP) is 1.74. The number of aryl methyl sites for hydroxylation is 1. The first kappa shape index (κ1) is 19.9. The smallest absolute Gasteiger partial charge is 0.272 e. The summed E-state index contributed by atoms with van der Waals surface area (Å²) in [4.78, 5) is 16.7. The fourth-order valence-electron chi connectivity index (χ4n) is 3.02. The Morgan fingerprint density at radius 1 is 1.30 bits per heavy atom. The molecule has 1 aliphatic rings. The lowest BCUT2D eigenvalue weighted by Crippen LogP contribution is -2.45. The van der Waals surface area contributed by atoms with Crippen LogP contribution in [0.2, 0.25) is 5.02 Å². The van der Waals surface area contributed by atoms with Crippen LogP contribution >= 0.6 is 11.6 Å². The van der Waals surface area contributed by atoms with Gasteiger partial charge in [-0.25, -0.2) is 8.42 Å². The number of nitrogens with zero attached hydrogens (tertiary/aromatic N) is 3. The second-order valence-electron chi connectivity index (χ2n) is 6.73. The molecule has 1 aromatic carbocycles. The van der Waals surface area contributed by atoms with Crippen molar-refractivity contribution in [1.29, 1.82) is 0 Å². The Bertz CT molecular complexity index is 899. The first-order valence-corrected chi connectivity index (χ1v) is 11.0. The molecule has 2 aromatic rings. The lowest BCUT2D eigenvalue weighted by atomic mass is 10.2. The topological polar surface area (TPSA) is 86.4 Å². The zero-order valence-electron chi connectivity index (χ0n) is 15.2. The second kappa shape index (κ2) is 8.41. The largest absolute Gasteiger partial charge is 0.332 e. The minimum atomic E-state index is -2.92. The number of carbonyl (C=O) groups excluding carboxylic acids is 1. The molecule has 1 N–H and O–H groups in total. The summed E-state index contributed by atoms with van der Waals surface area (Å²) in [7, 11) is -2.92. The van der Waals surface area contributed by atoms with Crippen molar-refractivity contribution >= 4 is 27.3 Å². The summed E-state index contributed by atoms with van der Waals surface area (Å²) in [5, 5.41) is 7.41. The van der Waals surface area contributed by atoms with Crippen LogP contribution in [-0.2, 0) is 16.4 Å². The number of hydrogen-bond acceptors (Lipinski definition) is 5. The minimum Gasteiger partial charge on any atom is -0.332 e. The van der Waals surface area contributed by atoms with Gasteiger partial charge in [0.25, 0.3) is 5.91 Å². The molecule has 2 heterocycles. The number of halogens is 1. The summed E-state index contributed by atoms with van der Waals surface area (Å²) < 4.78 is 23.2. The average Bonchev–Trinajstić information content (AvgIpc) is 3.07. The Labute approximate surface area is 164 Å². The summed E-state index contributed by atoms with van der Waals surface area (Å²) in [6, 6.07) is 9.16. The van der Waals surface area contributed by atoms with Crippen molar-refractivity contribution in [3.05, 3.63) is 52.3 Å². The minimum absolute atomic E-state index is 0.153. The number of sulfone groups is 1. The Hall–Kier alpha value is -1.90. The summed E-state index contributed by atoms with van der Waals surface area (Å²) in [5.74, 6) is 0.191. The van der Waals surface area contributed by atoms with E-state index < -0.39 is 9.84 Å². The third-order valence-corrected chi connectivity index (χ3v) is 6.64. The SMILES string of the molecule is Cc1cc(C(=O)N(CCN2CCS(=O)(=O)CC2)Cc2ccccc2Cl)[nH]n1. The fraction of sp³-hybridized carbons (Fsp3) is 0.444. The van der Waals surface area contributed by atoms with E-state index in [1.165, 1.54) is 0 Å². The summed E-state index contributed by atoms with van der Waals surface area (Å²) in [6.07, 6.45) is 0. The van der Waals surface area contributed by atoms with Crippen LogP contribution in [0.3, 0.4) is 0 Å². The third kappa shape index (κ3) is 5.31. The fourth-order valence-corrected chi connectivity index (χ4v) is 4.49. The summed E-state index contributed by atoms with van der Waals surface area (Å²) in [6.45, 7) is 4.28. The predicted molar refractivity (Wildman–Crippen MR) is 105 cm³/mol. The molecule has 1 fully saturated rings. The first-order chi connectivity index (χ1) is 12.8. The average molecular weight is 411 g/mol. The number of aromatic nitrogens is 2. The summed E-state index contributed by atoms with van der Waals surface area (Å²) >= 11 is 6.27. The molecule has 0 unspecified atom stereocenters. The van der Waals surface area contributed by atoms with Crippen LogP contribution in [0.1, 0.15) is 21.7 Å². The van der Waals surface area contributed by atoms with Crippen molar-refractivity contribution in [2.75, 3.05) is 37.7 Å². The maximum atomic E-state index is 12.9. The lowest BCUT2D eigenvalue weighted by Gasteiger charge is -2.30. The van der Waals surface area contributed by atoms with Crippen molar-refractivity contribution in [1.82, 2.24) is 20.0 Å². The highest BCUT2D eigenvalue weighted by molar-refractivity contribution is 7.91. The number of benzene rings is 1. The van der Waals surface area contributed by atoms with Crippen molar-refractivity contribution in [2.24, 2.45) is 0 Å². The van der Waals surface area contributed by atoms with E-state index >= 15 is 0 Å². The van der Waals surface area contributed by atoms with Crippen LogP contribution in [0, 0.1) is 6.92 Å². The molecule has 0 saturated carbocycles. The zero-order chi connectivity index (χ0) is 19.4. The van der Waals surface area contributed by atoms with E-state index in [0.717, 1.165) is 11.3 Å². The number of hydrogen-bond donors (Lipinski definition) is 1. The number of rotatable bonds is 6. The molecule has 9 heteroatoms. The quantitative estimate of drug-likeness (QED) is 0.783. The van der Waals surface area contributed by atoms with Gasteiger partial charge in [0.05, 0.1) is 17.2 Å². The molecule has 1 amide bonds. The Morgan fingerprint density at radius 2 is 2.00 bits per heavy atom. The number of nitrogens with one attached hydrogen (secondary N) is 1. The number of H-pyrrole nitrogens is 1. The molecule has 146 valence electrons. The highest BCUT2D eigenvalue weighted by Crippen LogP contribution is 2.18. The van der Waals surface area contributed by atoms with Crippen LogP contribution < -0.4 is 0 Å². The monoisotopic (exact) mass is 410 g/mol. The van der Waals surface area contributed by atoms with E-state index in [2.05, 4.69) is 15.1 Å². The molecule has 1 saturated heterocycles. The molecule has 27 heavy (non-hydrogen) atoms. The van der Waals surface area contributed by atoms with E-state index in [1.807, 2.05) is 25.1 Å². The van der Waals surface area contributed by atoms with E-state index in [4.69, 9.17) is 11.6 Å². The van der Waals surface area contributed by atoms with Gasteiger partial charge in [-0.2, -0.15) is 5.10 Å². The van der Waals surface area contributed by atoms with E-state index in [9.17, 15) is 13.2 Å². The van der Waals surface area contributed by atoms with E-state index in [-0.39, 0.29) is 17.4 Å². The van der Waals surface area contributed by atoms with Gasteiger partial charge in [-0.1, -0.05) is 29.8 Å². The standard InChI is InChI=1S/C18H23ClN4O3S/c1-14-12-17(21-20-14)18(24)23(13-15-4-2-3-5-16(15)19)7-6-22-8-10-27(25,26)11-9-22/h2-5,12H,6-11,13H2,1H3,(H,20,21). The Balaban J connectivity index is 1.71. The molecule has 3 rings (SSSR count). The maximum absolute atomic E-state index is 12.9. The molecule has 0 atom stereocenters. The van der Waals surface area contributed by atoms with Gasteiger partial charge in [-0.3, -0.25) is 14.8 Å². The van der Waals surface area contributed by atoms with Gasteiger partial charge in [-0.05, 0) is 24.6 Å². The molecular formula is C18H23ClN4O3S. The highest BCUT2D eigenvalue weighted by Gasteiger charge is 2.24. The summed E-state index contributed by atoms with van der Waals surface area (Å²) in [5.41, 5.74) is 2.04. The van der Waals surface area contributed by atoms with Crippen molar-refractivity contribution in [3.63, 3.8) is 0 Å². The highest BCUT2D eigenvalue weighted by atomic mass is 35.5. The van der Waals surface area contributed by atoms with Gasteiger partial charge in [0, 0.05) is 37.7 Å².